The number of esters is 10. The van der Waals surface area contributed by atoms with Crippen molar-refractivity contribution in [2.24, 2.45) is 0 Å². The quantitative estimate of drug-likeness (QED) is 0.0184. The fourth-order valence-corrected chi connectivity index (χ4v) is 11.0. The number of carbonyl (C=O) groups is 10. The van der Waals surface area contributed by atoms with Crippen LogP contribution in [0.15, 0.2) is 121 Å². The number of rotatable bonds is 21. The van der Waals surface area contributed by atoms with Gasteiger partial charge < -0.3 is 175 Å². The van der Waals surface area contributed by atoms with Gasteiger partial charge in [-0.15, -0.1) is 0 Å². The Kier molecular flexibility index (Phi) is 23.3. The van der Waals surface area contributed by atoms with E-state index in [0.29, 0.717) is 115 Å². The van der Waals surface area contributed by atoms with Crippen molar-refractivity contribution in [3.05, 3.63) is 183 Å². The Balaban J connectivity index is 1.09. The van der Waals surface area contributed by atoms with E-state index in [4.69, 9.17) is 52.1 Å². The first-order valence-corrected chi connectivity index (χ1v) is 33.5. The van der Waals surface area contributed by atoms with E-state index in [1.54, 1.807) is 0 Å². The lowest BCUT2D eigenvalue weighted by Crippen LogP contribution is -2.63. The monoisotopic (exact) mass is 1700 g/mol. The fourth-order valence-electron chi connectivity index (χ4n) is 11.0. The summed E-state index contributed by atoms with van der Waals surface area (Å²) in [6.45, 7) is -0.480. The Morgan fingerprint density at radius 2 is 0.426 bits per heavy atom. The highest BCUT2D eigenvalue weighted by molar-refractivity contribution is 6.00. The molecule has 0 unspecified atom stereocenters. The van der Waals surface area contributed by atoms with Gasteiger partial charge in [0.25, 0.3) is 0 Å². The Morgan fingerprint density at radius 1 is 0.230 bits per heavy atom. The number of phenolic OH excluding ortho intramolecular Hbond substituents is 24. The molecule has 11 rings (SSSR count). The first-order valence-electron chi connectivity index (χ1n) is 33.5. The summed E-state index contributed by atoms with van der Waals surface area (Å²) < 4.78 is 60.7. The highest BCUT2D eigenvalue weighted by atomic mass is 16.8. The first kappa shape index (κ1) is 85.0. The second-order valence-corrected chi connectivity index (χ2v) is 25.4. The average molecular weight is 1700 g/mol. The number of hydrogen-bond acceptors (Lipinski definition) is 45. The molecule has 0 amide bonds. The van der Waals surface area contributed by atoms with Crippen molar-refractivity contribution in [2.75, 3.05) is 6.61 Å². The van der Waals surface area contributed by atoms with Gasteiger partial charge in [0, 0.05) is 0 Å². The summed E-state index contributed by atoms with van der Waals surface area (Å²) in [7, 11) is 0. The van der Waals surface area contributed by atoms with E-state index >= 15 is 14.4 Å². The molecule has 0 radical (unpaired) electrons. The molecule has 0 aliphatic carbocycles. The van der Waals surface area contributed by atoms with Gasteiger partial charge in [0.1, 0.15) is 12.7 Å². The zero-order valence-corrected chi connectivity index (χ0v) is 60.4. The predicted molar refractivity (Wildman–Crippen MR) is 386 cm³/mol. The molecule has 45 nitrogen and oxygen atoms in total. The van der Waals surface area contributed by atoms with Crippen LogP contribution in [0.3, 0.4) is 0 Å². The van der Waals surface area contributed by atoms with Crippen molar-refractivity contribution in [3.63, 3.8) is 0 Å². The number of phenols is 24. The summed E-state index contributed by atoms with van der Waals surface area (Å²) in [5, 5.41) is 252. The third kappa shape index (κ3) is 17.6. The highest BCUT2D eigenvalue weighted by Crippen LogP contribution is 2.47. The Hall–Kier alpha value is -17.9. The number of benzene rings is 10. The van der Waals surface area contributed by atoms with Gasteiger partial charge >= 0.3 is 59.7 Å². The maximum absolute atomic E-state index is 15.3. The van der Waals surface area contributed by atoms with E-state index in [1.165, 1.54) is 6.92 Å². The molecule has 5 atom stereocenters. The van der Waals surface area contributed by atoms with Gasteiger partial charge in [0.05, 0.1) is 55.6 Å². The van der Waals surface area contributed by atoms with Gasteiger partial charge in [-0.05, 0) is 134 Å². The van der Waals surface area contributed by atoms with Crippen molar-refractivity contribution < 1.29 is 223 Å². The van der Waals surface area contributed by atoms with Gasteiger partial charge in [-0.1, -0.05) is 0 Å². The summed E-state index contributed by atoms with van der Waals surface area (Å²) in [5.41, 5.74) is -9.65. The van der Waals surface area contributed by atoms with Crippen LogP contribution in [0, 0.1) is 6.92 Å². The molecule has 1 aliphatic heterocycles. The summed E-state index contributed by atoms with van der Waals surface area (Å²) >= 11 is 0. The molecule has 1 aliphatic rings. The minimum Gasteiger partial charge on any atom is -0.504 e. The van der Waals surface area contributed by atoms with E-state index in [-0.39, 0.29) is 5.56 Å². The van der Waals surface area contributed by atoms with Crippen molar-refractivity contribution >= 4 is 59.7 Å². The molecule has 0 bridgehead atoms. The Morgan fingerprint density at radius 3 is 0.680 bits per heavy atom. The average Bonchev–Trinajstić information content (AvgIpc) is 0.763. The van der Waals surface area contributed by atoms with E-state index < -0.39 is 319 Å². The summed E-state index contributed by atoms with van der Waals surface area (Å²) in [5.74, 6) is -53.4. The van der Waals surface area contributed by atoms with E-state index in [1.807, 2.05) is 0 Å². The Bertz CT molecular complexity index is 5970. The Labute approximate surface area is 673 Å². The normalized spacial score (nSPS) is 14.6. The van der Waals surface area contributed by atoms with Crippen LogP contribution >= 0.6 is 0 Å². The molecular formula is C77H54O45. The van der Waals surface area contributed by atoms with Crippen LogP contribution in [-0.2, 0) is 28.4 Å². The highest BCUT2D eigenvalue weighted by Gasteiger charge is 2.55. The maximum atomic E-state index is 15.3. The molecule has 10 aromatic rings. The van der Waals surface area contributed by atoms with Crippen molar-refractivity contribution in [1.29, 1.82) is 0 Å². The van der Waals surface area contributed by atoms with Gasteiger partial charge in [0.2, 0.25) is 41.1 Å². The van der Waals surface area contributed by atoms with Crippen LogP contribution in [0.4, 0.5) is 0 Å². The van der Waals surface area contributed by atoms with Crippen molar-refractivity contribution in [3.8, 4) is 167 Å². The summed E-state index contributed by atoms with van der Waals surface area (Å²) in [6.07, 6.45) is -14.9. The molecular weight excluding hydrogens is 1640 g/mol. The standard InChI is InChI=1S/C77H54O45/c1-23-2-24(3-34(78)54(23)92)68(103)113-49-18-30(13-44(88)60(49)98)73(108)119-64-53(22-112-67(102)29-12-43(87)59(97)48(17-29)114-69(104)25-4-35(79)55(93)36(80)5-25)118-77(122-76(111)33-16-47(91)63(101)52(21-33)117-72(107)28-10-41(85)58(96)42(86)11-28)66(121-75(110)32-15-46(90)62(100)51(20-32)116-71(106)27-8-39(83)57(95)40(84)9-27)65(64)120-74(109)31-14-45(89)61(99)50(19-31)115-70(105)26-6-37(81)56(94)38(82)7-26/h2-21,53,64-66,77-101H,22H2,1H3/t53-,64-,65+,66-,77+/m1/s1. The second-order valence-electron chi connectivity index (χ2n) is 25.4. The molecule has 0 spiro atoms. The second kappa shape index (κ2) is 33.5. The molecule has 24 N–H and O–H groups in total. The third-order valence-electron chi connectivity index (χ3n) is 17.1. The first-order chi connectivity index (χ1) is 57.4. The lowest BCUT2D eigenvalue weighted by Gasteiger charge is -2.43. The fraction of sp³-hybridized carbons (Fsp3) is 0.0909. The molecule has 122 heavy (non-hydrogen) atoms. The van der Waals surface area contributed by atoms with Crippen LogP contribution < -0.4 is 23.7 Å². The van der Waals surface area contributed by atoms with E-state index in [0.717, 1.165) is 6.07 Å². The van der Waals surface area contributed by atoms with E-state index in [9.17, 15) is 156 Å². The van der Waals surface area contributed by atoms with Crippen molar-refractivity contribution in [2.45, 2.75) is 37.6 Å². The lowest BCUT2D eigenvalue weighted by atomic mass is 9.97. The van der Waals surface area contributed by atoms with Gasteiger partial charge in [-0.3, -0.25) is 0 Å². The van der Waals surface area contributed by atoms with Crippen LogP contribution in [0.1, 0.15) is 109 Å². The molecule has 1 heterocycles. The SMILES string of the molecule is Cc1cc(C(=O)Oc2cc(C(=O)O[C@H]3[C@H](OC(=O)c4cc(O)c(O)c(OC(=O)c5cc(O)c(O)c(O)c5)c4)[C@@H](OC(=O)c4cc(O)c(O)c(OC(=O)c5cc(O)c(O)c(O)c5)c4)[C@H](OC(=O)c4cc(O)c(O)c(OC(=O)c5cc(O)c(O)c(O)c5)c4)O[C@@H]3COC(=O)c3cc(O)c(O)c(OC(=O)c4cc(O)c(O)c(O)c4)c3)cc(O)c2O)cc(O)c1O. The largest absolute Gasteiger partial charge is 0.504 e. The molecule has 1 fully saturated rings. The number of aromatic hydroxyl groups is 24. The molecule has 0 saturated carbocycles. The third-order valence-corrected chi connectivity index (χ3v) is 17.1. The molecule has 1 saturated heterocycles. The minimum atomic E-state index is -3.10. The summed E-state index contributed by atoms with van der Waals surface area (Å²) in [4.78, 5) is 143. The van der Waals surface area contributed by atoms with Crippen molar-refractivity contribution in [1.82, 2.24) is 0 Å². The molecule has 0 aromatic heterocycles. The van der Waals surface area contributed by atoms with Gasteiger partial charge in [-0.25, -0.2) is 47.9 Å². The number of carbonyl (C=O) groups excluding carboxylic acids is 10. The summed E-state index contributed by atoms with van der Waals surface area (Å²) in [6, 6.07) is 9.43. The molecule has 45 heteroatoms. The van der Waals surface area contributed by atoms with Crippen LogP contribution in [0.25, 0.3) is 0 Å². The van der Waals surface area contributed by atoms with Gasteiger partial charge in [0.15, 0.2) is 150 Å². The number of hydrogen-bond donors (Lipinski definition) is 24. The zero-order chi connectivity index (χ0) is 89.4. The maximum Gasteiger partial charge on any atom is 0.343 e. The topological polar surface area (TPSA) is 758 Å². The number of aryl methyl sites for hydroxylation is 1. The zero-order valence-electron chi connectivity index (χ0n) is 60.4. The number of ether oxygens (including phenoxy) is 11. The molecule has 10 aromatic carbocycles. The van der Waals surface area contributed by atoms with E-state index in [2.05, 4.69) is 0 Å². The predicted octanol–water partition coefficient (Wildman–Crippen LogP) is 5.44. The lowest BCUT2D eigenvalue weighted by molar-refractivity contribution is -0.282. The van der Waals surface area contributed by atoms with Crippen LogP contribution in [0.2, 0.25) is 0 Å². The van der Waals surface area contributed by atoms with Crippen LogP contribution in [-0.4, -0.2) is 220 Å². The smallest absolute Gasteiger partial charge is 0.343 e. The van der Waals surface area contributed by atoms with Crippen LogP contribution in [0.5, 0.6) is 167 Å². The minimum absolute atomic E-state index is 0.148. The van der Waals surface area contributed by atoms with Gasteiger partial charge in [-0.2, -0.15) is 0 Å². The molecule has 632 valence electrons.